The highest BCUT2D eigenvalue weighted by atomic mass is 16.5. The smallest absolute Gasteiger partial charge is 0.306 e. The number of hydrogen-bond donors (Lipinski definition) is 1. The van der Waals surface area contributed by atoms with Gasteiger partial charge < -0.3 is 14.7 Å². The van der Waals surface area contributed by atoms with Crippen molar-refractivity contribution >= 4 is 11.7 Å². The highest BCUT2D eigenvalue weighted by Crippen LogP contribution is 2.42. The van der Waals surface area contributed by atoms with Crippen molar-refractivity contribution in [2.45, 2.75) is 39.2 Å². The van der Waals surface area contributed by atoms with E-state index in [0.29, 0.717) is 12.5 Å². The quantitative estimate of drug-likeness (QED) is 0.898. The Labute approximate surface area is 120 Å². The van der Waals surface area contributed by atoms with Crippen molar-refractivity contribution in [3.05, 3.63) is 23.8 Å². The van der Waals surface area contributed by atoms with Crippen LogP contribution in [0.3, 0.4) is 0 Å². The van der Waals surface area contributed by atoms with Crippen molar-refractivity contribution in [2.24, 2.45) is 5.92 Å². The highest BCUT2D eigenvalue weighted by molar-refractivity contribution is 5.70. The fourth-order valence-corrected chi connectivity index (χ4v) is 2.90. The van der Waals surface area contributed by atoms with Crippen LogP contribution < -0.4 is 9.64 Å². The Kier molecular flexibility index (Phi) is 4.21. The van der Waals surface area contributed by atoms with Crippen LogP contribution in [0.2, 0.25) is 0 Å². The molecule has 4 heteroatoms. The first-order valence-electron chi connectivity index (χ1n) is 7.11. The van der Waals surface area contributed by atoms with Gasteiger partial charge in [0, 0.05) is 24.2 Å². The third-order valence-electron chi connectivity index (χ3n) is 4.08. The van der Waals surface area contributed by atoms with E-state index < -0.39 is 5.97 Å². The van der Waals surface area contributed by atoms with Crippen molar-refractivity contribution in [3.63, 3.8) is 0 Å². The third kappa shape index (κ3) is 2.74. The Bertz CT molecular complexity index is 498. The molecule has 4 nitrogen and oxygen atoms in total. The monoisotopic (exact) mass is 277 g/mol. The van der Waals surface area contributed by atoms with E-state index in [1.165, 1.54) is 11.3 Å². The van der Waals surface area contributed by atoms with Gasteiger partial charge in [0.25, 0.3) is 0 Å². The van der Waals surface area contributed by atoms with Gasteiger partial charge in [-0.05, 0) is 44.0 Å². The highest BCUT2D eigenvalue weighted by Gasteiger charge is 2.32. The molecular formula is C16H23NO3. The molecule has 20 heavy (non-hydrogen) atoms. The van der Waals surface area contributed by atoms with Crippen LogP contribution in [0, 0.1) is 5.92 Å². The van der Waals surface area contributed by atoms with Crippen LogP contribution in [0.4, 0.5) is 5.69 Å². The number of ether oxygens (including phenoxy) is 1. The van der Waals surface area contributed by atoms with E-state index in [9.17, 15) is 4.79 Å². The van der Waals surface area contributed by atoms with Gasteiger partial charge in [0.2, 0.25) is 0 Å². The molecule has 0 amide bonds. The van der Waals surface area contributed by atoms with Crippen molar-refractivity contribution in [1.29, 1.82) is 0 Å². The Morgan fingerprint density at radius 1 is 1.45 bits per heavy atom. The molecule has 1 N–H and O–H groups in total. The Hall–Kier alpha value is -1.71. The number of aliphatic carboxylic acids is 1. The maximum Gasteiger partial charge on any atom is 0.306 e. The second-order valence-electron chi connectivity index (χ2n) is 5.84. The number of nitrogens with zero attached hydrogens (tertiary/aromatic N) is 1. The number of benzene rings is 1. The molecule has 2 rings (SSSR count). The minimum absolute atomic E-state index is 0.258. The summed E-state index contributed by atoms with van der Waals surface area (Å²) < 4.78 is 5.30. The molecular weight excluding hydrogens is 254 g/mol. The second kappa shape index (κ2) is 5.73. The van der Waals surface area contributed by atoms with E-state index in [1.54, 1.807) is 14.0 Å². The molecule has 0 bridgehead atoms. The molecule has 110 valence electrons. The first-order chi connectivity index (χ1) is 9.43. The van der Waals surface area contributed by atoms with Crippen LogP contribution in [0.25, 0.3) is 0 Å². The number of carbonyl (C=O) groups is 1. The lowest BCUT2D eigenvalue weighted by atomic mass is 9.91. The average Bonchev–Trinajstić information content (AvgIpc) is 2.76. The van der Waals surface area contributed by atoms with Crippen LogP contribution in [-0.2, 0) is 4.79 Å². The lowest BCUT2D eigenvalue weighted by molar-refractivity contribution is -0.141. The Morgan fingerprint density at radius 3 is 2.70 bits per heavy atom. The number of carboxylic acid groups (broad SMARTS) is 1. The van der Waals surface area contributed by atoms with Gasteiger partial charge in [-0.1, -0.05) is 6.92 Å². The molecule has 1 aliphatic heterocycles. The molecule has 2 unspecified atom stereocenters. The number of methoxy groups -OCH3 is 1. The van der Waals surface area contributed by atoms with Crippen LogP contribution >= 0.6 is 0 Å². The van der Waals surface area contributed by atoms with Gasteiger partial charge >= 0.3 is 5.97 Å². The largest absolute Gasteiger partial charge is 0.497 e. The van der Waals surface area contributed by atoms with Crippen molar-refractivity contribution in [3.8, 4) is 5.75 Å². The molecule has 0 fully saturated rings. The van der Waals surface area contributed by atoms with E-state index in [-0.39, 0.29) is 11.8 Å². The lowest BCUT2D eigenvalue weighted by Crippen LogP contribution is -2.30. The Morgan fingerprint density at radius 2 is 2.15 bits per heavy atom. The van der Waals surface area contributed by atoms with Gasteiger partial charge in [0.05, 0.1) is 13.0 Å². The van der Waals surface area contributed by atoms with Gasteiger partial charge in [-0.2, -0.15) is 0 Å². The Balaban J connectivity index is 2.31. The minimum atomic E-state index is -0.725. The second-order valence-corrected chi connectivity index (χ2v) is 5.84. The lowest BCUT2D eigenvalue weighted by Gasteiger charge is -2.24. The standard InChI is InChI=1S/C16H23NO3/c1-10(2)17-9-12(7-11(3)16(18)19)14-8-13(20-4)5-6-15(14)17/h5-6,8,10-12H,7,9H2,1-4H3,(H,18,19). The van der Waals surface area contributed by atoms with Gasteiger partial charge in [-0.25, -0.2) is 0 Å². The average molecular weight is 277 g/mol. The van der Waals surface area contributed by atoms with Gasteiger partial charge in [0.15, 0.2) is 0 Å². The first kappa shape index (κ1) is 14.7. The zero-order valence-corrected chi connectivity index (χ0v) is 12.6. The SMILES string of the molecule is COc1ccc2c(c1)C(CC(C)C(=O)O)CN2C(C)C. The summed E-state index contributed by atoms with van der Waals surface area (Å²) in [4.78, 5) is 13.4. The zero-order chi connectivity index (χ0) is 14.9. The number of hydrogen-bond acceptors (Lipinski definition) is 3. The molecule has 1 aromatic rings. The molecule has 0 radical (unpaired) electrons. The zero-order valence-electron chi connectivity index (χ0n) is 12.6. The van der Waals surface area contributed by atoms with Crippen LogP contribution in [0.1, 0.15) is 38.7 Å². The summed E-state index contributed by atoms with van der Waals surface area (Å²) in [6, 6.07) is 6.51. The molecule has 0 spiro atoms. The molecule has 0 saturated heterocycles. The minimum Gasteiger partial charge on any atom is -0.497 e. The van der Waals surface area contributed by atoms with Crippen molar-refractivity contribution in [1.82, 2.24) is 0 Å². The molecule has 2 atom stereocenters. The normalized spacial score (nSPS) is 19.1. The van der Waals surface area contributed by atoms with E-state index >= 15 is 0 Å². The van der Waals surface area contributed by atoms with Gasteiger partial charge in [-0.15, -0.1) is 0 Å². The fraction of sp³-hybridized carbons (Fsp3) is 0.562. The molecule has 1 heterocycles. The van der Waals surface area contributed by atoms with Crippen molar-refractivity contribution in [2.75, 3.05) is 18.6 Å². The van der Waals surface area contributed by atoms with E-state index in [4.69, 9.17) is 9.84 Å². The molecule has 0 saturated carbocycles. The first-order valence-corrected chi connectivity index (χ1v) is 7.11. The predicted octanol–water partition coefficient (Wildman–Crippen LogP) is 3.12. The topological polar surface area (TPSA) is 49.8 Å². The van der Waals surface area contributed by atoms with Crippen LogP contribution in [0.5, 0.6) is 5.75 Å². The maximum absolute atomic E-state index is 11.1. The predicted molar refractivity (Wildman–Crippen MR) is 79.6 cm³/mol. The van der Waals surface area contributed by atoms with Crippen LogP contribution in [-0.4, -0.2) is 30.8 Å². The molecule has 0 aromatic heterocycles. The maximum atomic E-state index is 11.1. The molecule has 1 aliphatic rings. The van der Waals surface area contributed by atoms with E-state index in [2.05, 4.69) is 30.9 Å². The summed E-state index contributed by atoms with van der Waals surface area (Å²) in [6.45, 7) is 6.99. The summed E-state index contributed by atoms with van der Waals surface area (Å²) in [5.74, 6) is 0.0412. The number of carboxylic acids is 1. The number of fused-ring (bicyclic) bond motifs is 1. The third-order valence-corrected chi connectivity index (χ3v) is 4.08. The molecule has 0 aliphatic carbocycles. The molecule has 1 aromatic carbocycles. The summed E-state index contributed by atoms with van der Waals surface area (Å²) >= 11 is 0. The number of rotatable bonds is 5. The summed E-state index contributed by atoms with van der Waals surface area (Å²) in [6.07, 6.45) is 0.665. The summed E-state index contributed by atoms with van der Waals surface area (Å²) in [7, 11) is 1.66. The van der Waals surface area contributed by atoms with Crippen LogP contribution in [0.15, 0.2) is 18.2 Å². The van der Waals surface area contributed by atoms with Gasteiger partial charge in [0.1, 0.15) is 5.75 Å². The summed E-state index contributed by atoms with van der Waals surface area (Å²) in [5, 5.41) is 9.13. The summed E-state index contributed by atoms with van der Waals surface area (Å²) in [5.41, 5.74) is 2.43. The number of anilines is 1. The van der Waals surface area contributed by atoms with Crippen molar-refractivity contribution < 1.29 is 14.6 Å². The van der Waals surface area contributed by atoms with E-state index in [0.717, 1.165) is 12.3 Å². The fourth-order valence-electron chi connectivity index (χ4n) is 2.90. The van der Waals surface area contributed by atoms with E-state index in [1.807, 2.05) is 6.07 Å². The van der Waals surface area contributed by atoms with Gasteiger partial charge in [-0.3, -0.25) is 4.79 Å².